The summed E-state index contributed by atoms with van der Waals surface area (Å²) in [7, 11) is 0. The third kappa shape index (κ3) is 4.79. The molecule has 1 aliphatic rings. The smallest absolute Gasteiger partial charge is 0.266 e. The highest BCUT2D eigenvalue weighted by atomic mass is 32.2. The lowest BCUT2D eigenvalue weighted by molar-refractivity contribution is -0.122. The van der Waals surface area contributed by atoms with Crippen molar-refractivity contribution in [1.29, 1.82) is 0 Å². The molecule has 5 heteroatoms. The van der Waals surface area contributed by atoms with Gasteiger partial charge in [-0.1, -0.05) is 95.9 Å². The van der Waals surface area contributed by atoms with Gasteiger partial charge in [-0.15, -0.1) is 0 Å². The van der Waals surface area contributed by atoms with Crippen LogP contribution < -0.4 is 0 Å². The lowest BCUT2D eigenvalue weighted by Gasteiger charge is -2.28. The molecule has 3 rings (SSSR count). The quantitative estimate of drug-likeness (QED) is 0.444. The van der Waals surface area contributed by atoms with Crippen LogP contribution in [0.15, 0.2) is 47.4 Å². The molecule has 0 aliphatic carbocycles. The van der Waals surface area contributed by atoms with E-state index in [2.05, 4.69) is 41.5 Å². The predicted octanol–water partition coefficient (Wildman–Crippen LogP) is 6.39. The predicted molar refractivity (Wildman–Crippen MR) is 131 cm³/mol. The first-order valence-electron chi connectivity index (χ1n) is 10.0. The Morgan fingerprint density at radius 3 is 2.03 bits per heavy atom. The van der Waals surface area contributed by atoms with Gasteiger partial charge < -0.3 is 5.11 Å². The van der Waals surface area contributed by atoms with Crippen molar-refractivity contribution >= 4 is 40.3 Å². The molecule has 158 valence electrons. The average Bonchev–Trinajstić information content (AvgIpc) is 2.89. The molecule has 0 unspecified atom stereocenters. The maximum atomic E-state index is 13.1. The molecule has 1 fully saturated rings. The maximum Gasteiger partial charge on any atom is 0.266 e. The van der Waals surface area contributed by atoms with E-state index in [1.165, 1.54) is 11.8 Å². The molecule has 1 aliphatic heterocycles. The highest BCUT2D eigenvalue weighted by Crippen LogP contribution is 2.41. The number of rotatable bonds is 3. The number of phenols is 1. The van der Waals surface area contributed by atoms with Crippen molar-refractivity contribution in [2.75, 3.05) is 0 Å². The van der Waals surface area contributed by atoms with Gasteiger partial charge in [-0.2, -0.15) is 0 Å². The van der Waals surface area contributed by atoms with Gasteiger partial charge >= 0.3 is 0 Å². The van der Waals surface area contributed by atoms with Gasteiger partial charge in [0.15, 0.2) is 0 Å². The Morgan fingerprint density at radius 1 is 1.00 bits per heavy atom. The molecular weight excluding hydrogens is 410 g/mol. The van der Waals surface area contributed by atoms with E-state index in [4.69, 9.17) is 12.2 Å². The Bertz CT molecular complexity index is 977. The molecule has 30 heavy (non-hydrogen) atoms. The van der Waals surface area contributed by atoms with Crippen LogP contribution in [-0.2, 0) is 22.2 Å². The van der Waals surface area contributed by atoms with Crippen molar-refractivity contribution in [3.05, 3.63) is 69.6 Å². The van der Waals surface area contributed by atoms with Gasteiger partial charge in [-0.05, 0) is 40.2 Å². The summed E-state index contributed by atoms with van der Waals surface area (Å²) in [6.45, 7) is 13.0. The minimum Gasteiger partial charge on any atom is -0.507 e. The molecule has 2 aromatic rings. The Kier molecular flexibility index (Phi) is 6.17. The van der Waals surface area contributed by atoms with Crippen LogP contribution in [0.5, 0.6) is 5.75 Å². The molecule has 0 atom stereocenters. The molecular formula is C25H29NO2S2. The Labute approximate surface area is 189 Å². The third-order valence-electron chi connectivity index (χ3n) is 5.10. The van der Waals surface area contributed by atoms with Crippen LogP contribution in [0, 0.1) is 0 Å². The molecule has 1 heterocycles. The summed E-state index contributed by atoms with van der Waals surface area (Å²) in [5.41, 5.74) is 3.26. The average molecular weight is 440 g/mol. The number of phenolic OH excluding ortho intramolecular Hbond substituents is 1. The van der Waals surface area contributed by atoms with Crippen LogP contribution >= 0.6 is 24.0 Å². The number of carbonyl (C=O) groups excluding carboxylic acids is 1. The van der Waals surface area contributed by atoms with E-state index in [-0.39, 0.29) is 16.7 Å². The van der Waals surface area contributed by atoms with Crippen molar-refractivity contribution in [2.24, 2.45) is 0 Å². The zero-order chi connectivity index (χ0) is 22.3. The molecule has 1 N–H and O–H groups in total. The minimum absolute atomic E-state index is 0.0726. The van der Waals surface area contributed by atoms with Gasteiger partial charge in [0.2, 0.25) is 0 Å². The zero-order valence-electron chi connectivity index (χ0n) is 18.4. The van der Waals surface area contributed by atoms with Crippen LogP contribution in [0.4, 0.5) is 0 Å². The summed E-state index contributed by atoms with van der Waals surface area (Å²) in [5.74, 6) is 0.264. The molecule has 0 bridgehead atoms. The molecule has 0 radical (unpaired) electrons. The van der Waals surface area contributed by atoms with Crippen molar-refractivity contribution in [2.45, 2.75) is 58.9 Å². The number of carbonyl (C=O) groups is 1. The standard InChI is InChI=1S/C25H29NO2S2/c1-24(2,3)18-12-17(13-19(21(18)27)25(4,5)6)14-20-22(28)26(23(29)30-20)15-16-10-8-7-9-11-16/h7-14,27H,15H2,1-6H3/b20-14-. The second-order valence-corrected chi connectivity index (χ2v) is 11.4. The fourth-order valence-corrected chi connectivity index (χ4v) is 4.69. The summed E-state index contributed by atoms with van der Waals surface area (Å²) >= 11 is 6.82. The summed E-state index contributed by atoms with van der Waals surface area (Å²) in [6.07, 6.45) is 1.90. The first-order valence-corrected chi connectivity index (χ1v) is 11.3. The van der Waals surface area contributed by atoms with Crippen molar-refractivity contribution < 1.29 is 9.90 Å². The molecule has 0 saturated carbocycles. The summed E-state index contributed by atoms with van der Waals surface area (Å²) in [6, 6.07) is 13.8. The summed E-state index contributed by atoms with van der Waals surface area (Å²) < 4.78 is 0.570. The van der Waals surface area contributed by atoms with Crippen LogP contribution in [0.3, 0.4) is 0 Å². The molecule has 0 aromatic heterocycles. The number of thiocarbonyl (C=S) groups is 1. The van der Waals surface area contributed by atoms with Crippen LogP contribution in [-0.4, -0.2) is 20.2 Å². The van der Waals surface area contributed by atoms with Gasteiger partial charge in [0.05, 0.1) is 11.4 Å². The molecule has 1 saturated heterocycles. The van der Waals surface area contributed by atoms with Crippen molar-refractivity contribution in [1.82, 2.24) is 4.90 Å². The Morgan fingerprint density at radius 2 is 1.53 bits per heavy atom. The number of benzene rings is 2. The van der Waals surface area contributed by atoms with E-state index >= 15 is 0 Å². The van der Waals surface area contributed by atoms with Gasteiger partial charge in [0.1, 0.15) is 10.1 Å². The van der Waals surface area contributed by atoms with Crippen LogP contribution in [0.2, 0.25) is 0 Å². The van der Waals surface area contributed by atoms with Gasteiger partial charge in [-0.25, -0.2) is 0 Å². The van der Waals surface area contributed by atoms with Gasteiger partial charge in [0.25, 0.3) is 5.91 Å². The number of amides is 1. The normalized spacial score (nSPS) is 16.6. The monoisotopic (exact) mass is 439 g/mol. The summed E-state index contributed by atoms with van der Waals surface area (Å²) in [5, 5.41) is 10.9. The number of aromatic hydroxyl groups is 1. The van der Waals surface area contributed by atoms with E-state index < -0.39 is 0 Å². The van der Waals surface area contributed by atoms with E-state index in [0.29, 0.717) is 21.5 Å². The molecule has 0 spiro atoms. The van der Waals surface area contributed by atoms with E-state index in [0.717, 1.165) is 22.3 Å². The molecule has 3 nitrogen and oxygen atoms in total. The Hall–Kier alpha value is -2.11. The molecule has 1 amide bonds. The topological polar surface area (TPSA) is 40.5 Å². The number of hydrogen-bond donors (Lipinski definition) is 1. The molecule has 2 aromatic carbocycles. The van der Waals surface area contributed by atoms with Crippen molar-refractivity contribution in [3.8, 4) is 5.75 Å². The fourth-order valence-electron chi connectivity index (χ4n) is 3.44. The third-order valence-corrected chi connectivity index (χ3v) is 6.48. The van der Waals surface area contributed by atoms with E-state index in [1.807, 2.05) is 48.5 Å². The van der Waals surface area contributed by atoms with E-state index in [1.54, 1.807) is 4.90 Å². The number of thioether (sulfide) groups is 1. The van der Waals surface area contributed by atoms with Crippen LogP contribution in [0.1, 0.15) is 63.8 Å². The number of nitrogens with zero attached hydrogens (tertiary/aromatic N) is 1. The summed E-state index contributed by atoms with van der Waals surface area (Å²) in [4.78, 5) is 15.3. The maximum absolute atomic E-state index is 13.1. The SMILES string of the molecule is CC(C)(C)c1cc(/C=C2\SC(=S)N(Cc3ccccc3)C2=O)cc(C(C)(C)C)c1O. The van der Waals surface area contributed by atoms with Crippen LogP contribution in [0.25, 0.3) is 6.08 Å². The van der Waals surface area contributed by atoms with E-state index in [9.17, 15) is 9.90 Å². The zero-order valence-corrected chi connectivity index (χ0v) is 20.1. The highest BCUT2D eigenvalue weighted by molar-refractivity contribution is 8.26. The first kappa shape index (κ1) is 22.6. The second kappa shape index (κ2) is 8.20. The second-order valence-electron chi connectivity index (χ2n) is 9.72. The van der Waals surface area contributed by atoms with Crippen molar-refractivity contribution in [3.63, 3.8) is 0 Å². The highest BCUT2D eigenvalue weighted by Gasteiger charge is 2.32. The first-order chi connectivity index (χ1) is 13.9. The lowest BCUT2D eigenvalue weighted by atomic mass is 9.78. The van der Waals surface area contributed by atoms with Gasteiger partial charge in [0, 0.05) is 11.1 Å². The Balaban J connectivity index is 2.00. The minimum atomic E-state index is -0.222. The number of hydrogen-bond acceptors (Lipinski definition) is 4. The fraction of sp³-hybridized carbons (Fsp3) is 0.360. The lowest BCUT2D eigenvalue weighted by Crippen LogP contribution is -2.27. The largest absolute Gasteiger partial charge is 0.507 e. The van der Waals surface area contributed by atoms with Gasteiger partial charge in [-0.3, -0.25) is 9.69 Å².